The van der Waals surface area contributed by atoms with Crippen LogP contribution < -0.4 is 0 Å². The summed E-state index contributed by atoms with van der Waals surface area (Å²) < 4.78 is 10.6. The molecular formula is C12H13NO5. The quantitative estimate of drug-likeness (QED) is 0.466. The summed E-state index contributed by atoms with van der Waals surface area (Å²) in [6.07, 6.45) is 0.176. The van der Waals surface area contributed by atoms with Crippen LogP contribution in [-0.4, -0.2) is 23.6 Å². The van der Waals surface area contributed by atoms with Gasteiger partial charge in [0.15, 0.2) is 0 Å². The molecule has 1 aliphatic heterocycles. The number of nitrogens with zero attached hydrogens (tertiary/aromatic N) is 1. The molecule has 1 fully saturated rings. The maximum absolute atomic E-state index is 10.8. The van der Waals surface area contributed by atoms with Gasteiger partial charge in [-0.05, 0) is 17.7 Å². The van der Waals surface area contributed by atoms with Crippen molar-refractivity contribution in [2.75, 3.05) is 6.61 Å². The van der Waals surface area contributed by atoms with Gasteiger partial charge in [0.05, 0.1) is 17.6 Å². The van der Waals surface area contributed by atoms with Crippen molar-refractivity contribution < 1.29 is 19.2 Å². The first-order valence-corrected chi connectivity index (χ1v) is 5.59. The van der Waals surface area contributed by atoms with Crippen LogP contribution in [0.5, 0.6) is 0 Å². The van der Waals surface area contributed by atoms with Crippen molar-refractivity contribution in [1.82, 2.24) is 0 Å². The highest BCUT2D eigenvalue weighted by Gasteiger charge is 2.28. The molecule has 0 amide bonds. The van der Waals surface area contributed by atoms with Gasteiger partial charge < -0.3 is 9.47 Å². The lowest BCUT2D eigenvalue weighted by Crippen LogP contribution is -2.15. The fourth-order valence-electron chi connectivity index (χ4n) is 1.96. The number of benzene rings is 1. The van der Waals surface area contributed by atoms with Gasteiger partial charge >= 0.3 is 5.97 Å². The van der Waals surface area contributed by atoms with E-state index in [1.54, 1.807) is 12.1 Å². The molecular weight excluding hydrogens is 238 g/mol. The van der Waals surface area contributed by atoms with Crippen LogP contribution in [0.3, 0.4) is 0 Å². The molecule has 0 spiro atoms. The third-order valence-corrected chi connectivity index (χ3v) is 2.77. The highest BCUT2D eigenvalue weighted by atomic mass is 16.6. The van der Waals surface area contributed by atoms with Crippen molar-refractivity contribution >= 4 is 11.7 Å². The minimum Gasteiger partial charge on any atom is -0.460 e. The summed E-state index contributed by atoms with van der Waals surface area (Å²) in [6, 6.07) is 6.22. The fraction of sp³-hybridized carbons (Fsp3) is 0.417. The summed E-state index contributed by atoms with van der Waals surface area (Å²) in [5, 5.41) is 10.5. The van der Waals surface area contributed by atoms with Crippen molar-refractivity contribution in [2.45, 2.75) is 25.6 Å². The fourth-order valence-corrected chi connectivity index (χ4v) is 1.96. The lowest BCUT2D eigenvalue weighted by molar-refractivity contribution is -0.384. The average molecular weight is 251 g/mol. The number of hydrogen-bond acceptors (Lipinski definition) is 5. The van der Waals surface area contributed by atoms with E-state index in [1.165, 1.54) is 19.1 Å². The van der Waals surface area contributed by atoms with Crippen LogP contribution in [0.1, 0.15) is 25.0 Å². The van der Waals surface area contributed by atoms with E-state index in [-0.39, 0.29) is 23.9 Å². The van der Waals surface area contributed by atoms with E-state index in [1.807, 2.05) is 0 Å². The molecule has 6 nitrogen and oxygen atoms in total. The van der Waals surface area contributed by atoms with Crippen LogP contribution in [0.2, 0.25) is 0 Å². The second kappa shape index (κ2) is 5.14. The number of ether oxygens (including phenoxy) is 2. The molecule has 1 saturated heterocycles. The van der Waals surface area contributed by atoms with Crippen LogP contribution in [0.25, 0.3) is 0 Å². The summed E-state index contributed by atoms with van der Waals surface area (Å²) in [6.45, 7) is 1.72. The van der Waals surface area contributed by atoms with E-state index < -0.39 is 4.92 Å². The number of nitro benzene ring substituents is 1. The van der Waals surface area contributed by atoms with Gasteiger partial charge in [-0.2, -0.15) is 0 Å². The molecule has 0 aromatic heterocycles. The molecule has 2 atom stereocenters. The number of rotatable bonds is 3. The predicted octanol–water partition coefficient (Wildman–Crippen LogP) is 1.99. The molecule has 1 aromatic carbocycles. The first-order chi connectivity index (χ1) is 8.56. The van der Waals surface area contributed by atoms with E-state index in [9.17, 15) is 14.9 Å². The van der Waals surface area contributed by atoms with E-state index >= 15 is 0 Å². The van der Waals surface area contributed by atoms with Gasteiger partial charge in [0.25, 0.3) is 5.69 Å². The summed E-state index contributed by atoms with van der Waals surface area (Å²) in [4.78, 5) is 20.9. The molecule has 0 bridgehead atoms. The lowest BCUT2D eigenvalue weighted by atomic mass is 10.1. The van der Waals surface area contributed by atoms with Crippen LogP contribution >= 0.6 is 0 Å². The molecule has 6 heteroatoms. The highest BCUT2D eigenvalue weighted by molar-refractivity contribution is 5.66. The summed E-state index contributed by atoms with van der Waals surface area (Å²) in [5.41, 5.74) is 0.906. The molecule has 2 rings (SSSR count). The van der Waals surface area contributed by atoms with Gasteiger partial charge in [-0.3, -0.25) is 14.9 Å². The Hall–Kier alpha value is -1.95. The van der Waals surface area contributed by atoms with Gasteiger partial charge in [-0.25, -0.2) is 0 Å². The Morgan fingerprint density at radius 1 is 1.44 bits per heavy atom. The Morgan fingerprint density at radius 3 is 2.67 bits per heavy atom. The van der Waals surface area contributed by atoms with Crippen molar-refractivity contribution in [1.29, 1.82) is 0 Å². The zero-order valence-corrected chi connectivity index (χ0v) is 9.87. The van der Waals surface area contributed by atoms with Gasteiger partial charge in [0, 0.05) is 25.5 Å². The molecule has 0 N–H and O–H groups in total. The molecule has 96 valence electrons. The predicted molar refractivity (Wildman–Crippen MR) is 62.0 cm³/mol. The molecule has 1 aromatic rings. The van der Waals surface area contributed by atoms with Crippen LogP contribution in [-0.2, 0) is 14.3 Å². The number of carbonyl (C=O) groups excluding carboxylic acids is 1. The average Bonchev–Trinajstić information content (AvgIpc) is 2.76. The number of hydrogen-bond donors (Lipinski definition) is 0. The van der Waals surface area contributed by atoms with Crippen molar-refractivity contribution in [3.05, 3.63) is 39.9 Å². The van der Waals surface area contributed by atoms with Crippen LogP contribution in [0.4, 0.5) is 5.69 Å². The van der Waals surface area contributed by atoms with Crippen LogP contribution in [0.15, 0.2) is 24.3 Å². The third-order valence-electron chi connectivity index (χ3n) is 2.77. The van der Waals surface area contributed by atoms with E-state index in [0.717, 1.165) is 5.56 Å². The Bertz CT molecular complexity index is 456. The number of nitro groups is 1. The largest absolute Gasteiger partial charge is 0.460 e. The SMILES string of the molecule is CC(=O)O[C@H]1CO[C@H](c2ccc([N+](=O)[O-])cc2)C1. The molecule has 0 aliphatic carbocycles. The van der Waals surface area contributed by atoms with Crippen molar-refractivity contribution in [3.8, 4) is 0 Å². The Labute approximate surface area is 104 Å². The molecule has 1 aliphatic rings. The smallest absolute Gasteiger partial charge is 0.302 e. The van der Waals surface area contributed by atoms with E-state index in [2.05, 4.69) is 0 Å². The maximum atomic E-state index is 10.8. The maximum Gasteiger partial charge on any atom is 0.302 e. The minimum atomic E-state index is -0.444. The topological polar surface area (TPSA) is 78.7 Å². The zero-order valence-electron chi connectivity index (χ0n) is 9.87. The normalized spacial score (nSPS) is 22.7. The Kier molecular flexibility index (Phi) is 3.57. The molecule has 0 unspecified atom stereocenters. The Balaban J connectivity index is 2.01. The monoisotopic (exact) mass is 251 g/mol. The summed E-state index contributed by atoms with van der Waals surface area (Å²) in [5.74, 6) is -0.326. The molecule has 0 saturated carbocycles. The molecule has 18 heavy (non-hydrogen) atoms. The molecule has 1 heterocycles. The number of non-ortho nitro benzene ring substituents is 1. The van der Waals surface area contributed by atoms with Gasteiger partial charge in [-0.1, -0.05) is 0 Å². The minimum absolute atomic E-state index is 0.0493. The van der Waals surface area contributed by atoms with Gasteiger partial charge in [-0.15, -0.1) is 0 Å². The van der Waals surface area contributed by atoms with Crippen molar-refractivity contribution in [3.63, 3.8) is 0 Å². The standard InChI is InChI=1S/C12H13NO5/c1-8(14)18-11-6-12(17-7-11)9-2-4-10(5-3-9)13(15)16/h2-5,11-12H,6-7H2,1H3/t11-,12+/m1/s1. The van der Waals surface area contributed by atoms with Gasteiger partial charge in [0.1, 0.15) is 6.10 Å². The zero-order chi connectivity index (χ0) is 13.1. The first-order valence-electron chi connectivity index (χ1n) is 5.59. The van der Waals surface area contributed by atoms with Gasteiger partial charge in [0.2, 0.25) is 0 Å². The lowest BCUT2D eigenvalue weighted by Gasteiger charge is -2.09. The molecule has 0 radical (unpaired) electrons. The summed E-state index contributed by atoms with van der Waals surface area (Å²) >= 11 is 0. The van der Waals surface area contributed by atoms with E-state index in [0.29, 0.717) is 13.0 Å². The number of carbonyl (C=O) groups is 1. The summed E-state index contributed by atoms with van der Waals surface area (Å²) in [7, 11) is 0. The third kappa shape index (κ3) is 2.84. The first kappa shape index (κ1) is 12.5. The van der Waals surface area contributed by atoms with E-state index in [4.69, 9.17) is 9.47 Å². The number of esters is 1. The highest BCUT2D eigenvalue weighted by Crippen LogP contribution is 2.31. The second-order valence-corrected chi connectivity index (χ2v) is 4.14. The van der Waals surface area contributed by atoms with Crippen LogP contribution in [0, 0.1) is 10.1 Å². The second-order valence-electron chi connectivity index (χ2n) is 4.14. The van der Waals surface area contributed by atoms with Crippen molar-refractivity contribution in [2.24, 2.45) is 0 Å². The Morgan fingerprint density at radius 2 is 2.11 bits per heavy atom.